The van der Waals surface area contributed by atoms with Gasteiger partial charge in [0.1, 0.15) is 12.4 Å². The molecule has 1 aromatic rings. The van der Waals surface area contributed by atoms with Crippen LogP contribution in [0.3, 0.4) is 0 Å². The second-order valence-electron chi connectivity index (χ2n) is 5.68. The Morgan fingerprint density at radius 2 is 2.17 bits per heavy atom. The van der Waals surface area contributed by atoms with Gasteiger partial charge in [0.25, 0.3) is 0 Å². The maximum Gasteiger partial charge on any atom is 0.336 e. The SMILES string of the molecule is O=C(O)c1cccc2c1CN(S(=O)(=O)CC1CCCO1)CCO2. The molecule has 7 nitrogen and oxygen atoms in total. The van der Waals surface area contributed by atoms with Crippen molar-refractivity contribution < 1.29 is 27.8 Å². The van der Waals surface area contributed by atoms with Crippen LogP contribution in [-0.4, -0.2) is 55.4 Å². The normalized spacial score (nSPS) is 22.2. The highest BCUT2D eigenvalue weighted by atomic mass is 32.2. The number of carbonyl (C=O) groups is 1. The molecule has 1 fully saturated rings. The lowest BCUT2D eigenvalue weighted by Crippen LogP contribution is -2.37. The quantitative estimate of drug-likeness (QED) is 0.881. The maximum atomic E-state index is 12.6. The van der Waals surface area contributed by atoms with Gasteiger partial charge in [-0.15, -0.1) is 0 Å². The highest BCUT2D eigenvalue weighted by molar-refractivity contribution is 7.89. The number of hydrogen-bond acceptors (Lipinski definition) is 5. The van der Waals surface area contributed by atoms with Gasteiger partial charge in [0, 0.05) is 25.3 Å². The summed E-state index contributed by atoms with van der Waals surface area (Å²) in [5.74, 6) is -0.735. The molecule has 23 heavy (non-hydrogen) atoms. The molecular weight excluding hydrogens is 322 g/mol. The Morgan fingerprint density at radius 3 is 2.87 bits per heavy atom. The maximum absolute atomic E-state index is 12.6. The standard InChI is InChI=1S/C15H19NO6S/c17-15(18)12-4-1-5-14-13(12)9-16(6-8-22-14)23(19,20)10-11-3-2-7-21-11/h1,4-5,11H,2-3,6-10H2,(H,17,18). The predicted octanol–water partition coefficient (Wildman–Crippen LogP) is 1.09. The highest BCUT2D eigenvalue weighted by Crippen LogP contribution is 2.28. The number of rotatable bonds is 4. The second-order valence-corrected chi connectivity index (χ2v) is 7.70. The number of fused-ring (bicyclic) bond motifs is 1. The summed E-state index contributed by atoms with van der Waals surface area (Å²) in [5, 5.41) is 9.31. The van der Waals surface area contributed by atoms with Crippen LogP contribution in [0.5, 0.6) is 5.75 Å². The average Bonchev–Trinajstić information content (AvgIpc) is 2.88. The first-order valence-electron chi connectivity index (χ1n) is 7.55. The van der Waals surface area contributed by atoms with Gasteiger partial charge in [0.15, 0.2) is 0 Å². The monoisotopic (exact) mass is 341 g/mol. The Morgan fingerprint density at radius 1 is 1.35 bits per heavy atom. The topological polar surface area (TPSA) is 93.1 Å². The van der Waals surface area contributed by atoms with E-state index in [-0.39, 0.29) is 37.1 Å². The van der Waals surface area contributed by atoms with Crippen LogP contribution in [0.4, 0.5) is 0 Å². The van der Waals surface area contributed by atoms with Crippen molar-refractivity contribution in [3.63, 3.8) is 0 Å². The number of carboxylic acid groups (broad SMARTS) is 1. The van der Waals surface area contributed by atoms with E-state index >= 15 is 0 Å². The van der Waals surface area contributed by atoms with Crippen molar-refractivity contribution in [3.8, 4) is 5.75 Å². The fourth-order valence-corrected chi connectivity index (χ4v) is 4.55. The van der Waals surface area contributed by atoms with E-state index in [1.165, 1.54) is 10.4 Å². The summed E-state index contributed by atoms with van der Waals surface area (Å²) in [7, 11) is -3.54. The van der Waals surface area contributed by atoms with Crippen LogP contribution in [0, 0.1) is 0 Å². The number of ether oxygens (including phenoxy) is 2. The molecule has 0 amide bonds. The van der Waals surface area contributed by atoms with Crippen molar-refractivity contribution in [2.45, 2.75) is 25.5 Å². The highest BCUT2D eigenvalue weighted by Gasteiger charge is 2.32. The van der Waals surface area contributed by atoms with E-state index in [9.17, 15) is 18.3 Å². The molecule has 2 aliphatic rings. The van der Waals surface area contributed by atoms with E-state index in [0.717, 1.165) is 12.8 Å². The van der Waals surface area contributed by atoms with E-state index in [1.54, 1.807) is 12.1 Å². The van der Waals surface area contributed by atoms with E-state index in [1.807, 2.05) is 0 Å². The molecule has 2 heterocycles. The number of carboxylic acids is 1. The average molecular weight is 341 g/mol. The van der Waals surface area contributed by atoms with Crippen molar-refractivity contribution in [2.75, 3.05) is 25.5 Å². The van der Waals surface area contributed by atoms with E-state index in [4.69, 9.17) is 9.47 Å². The second kappa shape index (κ2) is 6.46. The van der Waals surface area contributed by atoms with Crippen molar-refractivity contribution >= 4 is 16.0 Å². The molecule has 0 saturated carbocycles. The van der Waals surface area contributed by atoms with Gasteiger partial charge in [-0.25, -0.2) is 13.2 Å². The van der Waals surface area contributed by atoms with E-state index in [0.29, 0.717) is 17.9 Å². The molecule has 3 rings (SSSR count). The Kier molecular flexibility index (Phi) is 4.56. The lowest BCUT2D eigenvalue weighted by atomic mass is 10.1. The minimum absolute atomic E-state index is 0.00681. The molecule has 1 unspecified atom stereocenters. The first-order valence-corrected chi connectivity index (χ1v) is 9.16. The van der Waals surface area contributed by atoms with Gasteiger partial charge in [-0.3, -0.25) is 0 Å². The molecule has 1 aromatic carbocycles. The molecular formula is C15H19NO6S. The zero-order valence-corrected chi connectivity index (χ0v) is 13.4. The van der Waals surface area contributed by atoms with Crippen LogP contribution in [-0.2, 0) is 21.3 Å². The van der Waals surface area contributed by atoms with Gasteiger partial charge in [-0.05, 0) is 25.0 Å². The predicted molar refractivity (Wildman–Crippen MR) is 82.1 cm³/mol. The Hall–Kier alpha value is -1.64. The Labute approximate surface area is 134 Å². The molecule has 0 aliphatic carbocycles. The molecule has 126 valence electrons. The van der Waals surface area contributed by atoms with Crippen molar-refractivity contribution in [1.29, 1.82) is 0 Å². The summed E-state index contributed by atoms with van der Waals surface area (Å²) in [5.41, 5.74) is 0.468. The number of benzene rings is 1. The van der Waals surface area contributed by atoms with Crippen molar-refractivity contribution in [3.05, 3.63) is 29.3 Å². The third-order valence-electron chi connectivity index (χ3n) is 4.11. The lowest BCUT2D eigenvalue weighted by Gasteiger charge is -2.21. The van der Waals surface area contributed by atoms with Gasteiger partial charge >= 0.3 is 5.97 Å². The van der Waals surface area contributed by atoms with E-state index < -0.39 is 16.0 Å². The molecule has 0 radical (unpaired) electrons. The fraction of sp³-hybridized carbons (Fsp3) is 0.533. The smallest absolute Gasteiger partial charge is 0.336 e. The van der Waals surface area contributed by atoms with Gasteiger partial charge in [0.2, 0.25) is 10.0 Å². The number of hydrogen-bond donors (Lipinski definition) is 1. The van der Waals surface area contributed by atoms with Gasteiger partial charge in [-0.1, -0.05) is 6.07 Å². The molecule has 0 bridgehead atoms. The van der Waals surface area contributed by atoms with Crippen LogP contribution in [0.15, 0.2) is 18.2 Å². The van der Waals surface area contributed by atoms with Gasteiger partial charge in [-0.2, -0.15) is 4.31 Å². The molecule has 2 aliphatic heterocycles. The van der Waals surface area contributed by atoms with Crippen LogP contribution < -0.4 is 4.74 Å². The number of aromatic carboxylic acids is 1. The third-order valence-corrected chi connectivity index (χ3v) is 6.00. The summed E-state index contributed by atoms with van der Waals surface area (Å²) in [6, 6.07) is 4.72. The summed E-state index contributed by atoms with van der Waals surface area (Å²) in [6.45, 7) is 0.992. The fourth-order valence-electron chi connectivity index (χ4n) is 2.93. The summed E-state index contributed by atoms with van der Waals surface area (Å²) < 4.78 is 37.5. The minimum atomic E-state index is -3.54. The summed E-state index contributed by atoms with van der Waals surface area (Å²) in [4.78, 5) is 11.4. The van der Waals surface area contributed by atoms with Gasteiger partial charge < -0.3 is 14.6 Å². The first-order chi connectivity index (χ1) is 11.0. The molecule has 8 heteroatoms. The Bertz CT molecular complexity index is 696. The molecule has 1 atom stereocenters. The summed E-state index contributed by atoms with van der Waals surface area (Å²) >= 11 is 0. The van der Waals surface area contributed by atoms with Crippen LogP contribution >= 0.6 is 0 Å². The summed E-state index contributed by atoms with van der Waals surface area (Å²) in [6.07, 6.45) is 1.33. The largest absolute Gasteiger partial charge is 0.492 e. The number of sulfonamides is 1. The third kappa shape index (κ3) is 3.49. The molecule has 1 N–H and O–H groups in total. The van der Waals surface area contributed by atoms with Crippen molar-refractivity contribution in [1.82, 2.24) is 4.31 Å². The number of nitrogens with zero attached hydrogens (tertiary/aromatic N) is 1. The minimum Gasteiger partial charge on any atom is -0.492 e. The lowest BCUT2D eigenvalue weighted by molar-refractivity contribution is 0.0694. The van der Waals surface area contributed by atoms with Crippen LogP contribution in [0.25, 0.3) is 0 Å². The van der Waals surface area contributed by atoms with Crippen molar-refractivity contribution in [2.24, 2.45) is 0 Å². The molecule has 0 aromatic heterocycles. The zero-order chi connectivity index (χ0) is 16.4. The molecule has 1 saturated heterocycles. The van der Waals surface area contributed by atoms with Crippen LogP contribution in [0.1, 0.15) is 28.8 Å². The first kappa shape index (κ1) is 16.2. The van der Waals surface area contributed by atoms with Crippen LogP contribution in [0.2, 0.25) is 0 Å². The van der Waals surface area contributed by atoms with Gasteiger partial charge in [0.05, 0.1) is 17.4 Å². The van der Waals surface area contributed by atoms with E-state index in [2.05, 4.69) is 0 Å². The molecule has 0 spiro atoms. The zero-order valence-electron chi connectivity index (χ0n) is 12.6. The Balaban J connectivity index is 1.86.